The minimum Gasteiger partial charge on any atom is -0.465 e. The Kier molecular flexibility index (Phi) is 0.984. The third-order valence-electron chi connectivity index (χ3n) is 3.78. The fraction of sp³-hybridized carbons (Fsp3) is 0.889. The summed E-state index contributed by atoms with van der Waals surface area (Å²) in [6, 6.07) is 0. The molecule has 4 atom stereocenters. The number of esters is 1. The molecule has 1 aliphatic heterocycles. The van der Waals surface area contributed by atoms with Crippen LogP contribution in [0, 0.1) is 23.7 Å². The molecule has 3 rings (SSSR count). The molecule has 11 heavy (non-hydrogen) atoms. The summed E-state index contributed by atoms with van der Waals surface area (Å²) in [6.07, 6.45) is 3.94. The van der Waals surface area contributed by atoms with E-state index < -0.39 is 0 Å². The van der Waals surface area contributed by atoms with Gasteiger partial charge in [0, 0.05) is 5.92 Å². The van der Waals surface area contributed by atoms with E-state index >= 15 is 0 Å². The predicted molar refractivity (Wildman–Crippen MR) is 38.8 cm³/mol. The Hall–Kier alpha value is -0.530. The van der Waals surface area contributed by atoms with Gasteiger partial charge in [-0.25, -0.2) is 0 Å². The number of fused-ring (bicyclic) bond motifs is 5. The number of carbonyl (C=O) groups is 1. The molecular weight excluding hydrogens is 140 g/mol. The van der Waals surface area contributed by atoms with Crippen molar-refractivity contribution in [3.05, 3.63) is 0 Å². The zero-order valence-corrected chi connectivity index (χ0v) is 6.45. The second-order valence-electron chi connectivity index (χ2n) is 4.15. The standard InChI is InChI=1S/C9H12O2/c10-9-8-6-2-1-5(3-6)7(8)4-11-9/h5-8H,1-4H2/t5?,6-,7?,8?/m1/s1. The maximum absolute atomic E-state index is 11.2. The van der Waals surface area contributed by atoms with Gasteiger partial charge >= 0.3 is 5.97 Å². The number of cyclic esters (lactones) is 1. The van der Waals surface area contributed by atoms with Crippen LogP contribution in [0.1, 0.15) is 19.3 Å². The molecule has 0 aromatic heterocycles. The topological polar surface area (TPSA) is 26.3 Å². The summed E-state index contributed by atoms with van der Waals surface area (Å²) in [5, 5.41) is 0. The quantitative estimate of drug-likeness (QED) is 0.487. The van der Waals surface area contributed by atoms with Crippen LogP contribution in [0.5, 0.6) is 0 Å². The van der Waals surface area contributed by atoms with Crippen LogP contribution < -0.4 is 0 Å². The molecule has 1 heterocycles. The van der Waals surface area contributed by atoms with Gasteiger partial charge in [0.2, 0.25) is 0 Å². The maximum Gasteiger partial charge on any atom is 0.309 e. The molecule has 2 saturated carbocycles. The Bertz CT molecular complexity index is 212. The molecular formula is C9H12O2. The summed E-state index contributed by atoms with van der Waals surface area (Å²) >= 11 is 0. The third-order valence-corrected chi connectivity index (χ3v) is 3.78. The number of carbonyl (C=O) groups excluding carboxylic acids is 1. The summed E-state index contributed by atoms with van der Waals surface area (Å²) < 4.78 is 5.06. The summed E-state index contributed by atoms with van der Waals surface area (Å²) in [5.41, 5.74) is 0. The van der Waals surface area contributed by atoms with Gasteiger partial charge in [-0.15, -0.1) is 0 Å². The molecule has 0 spiro atoms. The zero-order chi connectivity index (χ0) is 7.42. The molecule has 3 fully saturated rings. The second kappa shape index (κ2) is 1.79. The van der Waals surface area contributed by atoms with E-state index in [1.165, 1.54) is 19.3 Å². The van der Waals surface area contributed by atoms with Gasteiger partial charge in [0.25, 0.3) is 0 Å². The molecule has 1 saturated heterocycles. The lowest BCUT2D eigenvalue weighted by molar-refractivity contribution is -0.142. The lowest BCUT2D eigenvalue weighted by Gasteiger charge is -2.19. The van der Waals surface area contributed by atoms with E-state index in [2.05, 4.69) is 0 Å². The van der Waals surface area contributed by atoms with Crippen LogP contribution in [0.3, 0.4) is 0 Å². The molecule has 2 aliphatic carbocycles. The van der Waals surface area contributed by atoms with E-state index in [0.29, 0.717) is 17.8 Å². The summed E-state index contributed by atoms with van der Waals surface area (Å²) in [5.74, 6) is 2.55. The van der Waals surface area contributed by atoms with Crippen LogP contribution in [0.2, 0.25) is 0 Å². The minimum absolute atomic E-state index is 0.0993. The van der Waals surface area contributed by atoms with Crippen molar-refractivity contribution in [2.75, 3.05) is 6.61 Å². The summed E-state index contributed by atoms with van der Waals surface area (Å²) in [7, 11) is 0. The first-order valence-corrected chi connectivity index (χ1v) is 4.53. The van der Waals surface area contributed by atoms with Gasteiger partial charge in [-0.1, -0.05) is 0 Å². The zero-order valence-electron chi connectivity index (χ0n) is 6.45. The SMILES string of the molecule is O=C1OCC2C3CC[C@H](C3)C12. The van der Waals surface area contributed by atoms with Crippen molar-refractivity contribution >= 4 is 5.97 Å². The Morgan fingerprint density at radius 3 is 2.91 bits per heavy atom. The van der Waals surface area contributed by atoms with Gasteiger partial charge in [0.1, 0.15) is 0 Å². The van der Waals surface area contributed by atoms with E-state index in [-0.39, 0.29) is 5.97 Å². The fourth-order valence-electron chi connectivity index (χ4n) is 3.29. The third kappa shape index (κ3) is 0.608. The first kappa shape index (κ1) is 6.04. The Balaban J connectivity index is 1.97. The van der Waals surface area contributed by atoms with E-state index in [1.807, 2.05) is 0 Å². The van der Waals surface area contributed by atoms with Crippen molar-refractivity contribution in [3.8, 4) is 0 Å². The van der Waals surface area contributed by atoms with Crippen molar-refractivity contribution < 1.29 is 9.53 Å². The van der Waals surface area contributed by atoms with Gasteiger partial charge in [-0.05, 0) is 31.1 Å². The van der Waals surface area contributed by atoms with E-state index in [4.69, 9.17) is 4.74 Å². The first-order chi connectivity index (χ1) is 5.36. The molecule has 2 heteroatoms. The molecule has 0 N–H and O–H groups in total. The summed E-state index contributed by atoms with van der Waals surface area (Å²) in [6.45, 7) is 0.727. The maximum atomic E-state index is 11.2. The Morgan fingerprint density at radius 2 is 2.09 bits per heavy atom. The van der Waals surface area contributed by atoms with Crippen LogP contribution >= 0.6 is 0 Å². The molecule has 2 bridgehead atoms. The molecule has 2 nitrogen and oxygen atoms in total. The van der Waals surface area contributed by atoms with E-state index in [1.54, 1.807) is 0 Å². The van der Waals surface area contributed by atoms with Gasteiger partial charge in [-0.3, -0.25) is 4.79 Å². The first-order valence-electron chi connectivity index (χ1n) is 4.53. The van der Waals surface area contributed by atoms with Crippen molar-refractivity contribution in [1.29, 1.82) is 0 Å². The summed E-state index contributed by atoms with van der Waals surface area (Å²) in [4.78, 5) is 11.2. The molecule has 60 valence electrons. The Morgan fingerprint density at radius 1 is 1.27 bits per heavy atom. The highest BCUT2D eigenvalue weighted by molar-refractivity contribution is 5.75. The second-order valence-corrected chi connectivity index (χ2v) is 4.15. The fourth-order valence-corrected chi connectivity index (χ4v) is 3.29. The van der Waals surface area contributed by atoms with Crippen molar-refractivity contribution in [1.82, 2.24) is 0 Å². The van der Waals surface area contributed by atoms with E-state index in [0.717, 1.165) is 12.5 Å². The monoisotopic (exact) mass is 152 g/mol. The van der Waals surface area contributed by atoms with Crippen LogP contribution in [-0.4, -0.2) is 12.6 Å². The van der Waals surface area contributed by atoms with Crippen LogP contribution in [0.25, 0.3) is 0 Å². The van der Waals surface area contributed by atoms with Gasteiger partial charge in [-0.2, -0.15) is 0 Å². The highest BCUT2D eigenvalue weighted by Crippen LogP contribution is 2.54. The molecule has 3 aliphatic rings. The van der Waals surface area contributed by atoms with Crippen LogP contribution in [0.15, 0.2) is 0 Å². The van der Waals surface area contributed by atoms with Crippen molar-refractivity contribution in [3.63, 3.8) is 0 Å². The number of ether oxygens (including phenoxy) is 1. The number of hydrogen-bond acceptors (Lipinski definition) is 2. The molecule has 0 radical (unpaired) electrons. The van der Waals surface area contributed by atoms with Gasteiger partial charge < -0.3 is 4.74 Å². The predicted octanol–water partition coefficient (Wildman–Crippen LogP) is 1.21. The normalized spacial score (nSPS) is 52.9. The van der Waals surface area contributed by atoms with Crippen molar-refractivity contribution in [2.24, 2.45) is 23.7 Å². The minimum atomic E-state index is 0.0993. The average Bonchev–Trinajstić information content (AvgIpc) is 2.60. The highest BCUT2D eigenvalue weighted by Gasteiger charge is 2.54. The van der Waals surface area contributed by atoms with E-state index in [9.17, 15) is 4.79 Å². The molecule has 0 amide bonds. The number of rotatable bonds is 0. The van der Waals surface area contributed by atoms with Gasteiger partial charge in [0.05, 0.1) is 12.5 Å². The van der Waals surface area contributed by atoms with Crippen molar-refractivity contribution in [2.45, 2.75) is 19.3 Å². The lowest BCUT2D eigenvalue weighted by atomic mass is 9.81. The average molecular weight is 152 g/mol. The molecule has 0 aromatic rings. The molecule has 3 unspecified atom stereocenters. The largest absolute Gasteiger partial charge is 0.465 e. The van der Waals surface area contributed by atoms with Crippen LogP contribution in [-0.2, 0) is 9.53 Å². The highest BCUT2D eigenvalue weighted by atomic mass is 16.5. The molecule has 0 aromatic carbocycles. The van der Waals surface area contributed by atoms with Crippen LogP contribution in [0.4, 0.5) is 0 Å². The lowest BCUT2D eigenvalue weighted by Crippen LogP contribution is -2.22. The number of hydrogen-bond donors (Lipinski definition) is 0. The Labute approximate surface area is 65.9 Å². The smallest absolute Gasteiger partial charge is 0.309 e. The van der Waals surface area contributed by atoms with Gasteiger partial charge in [0.15, 0.2) is 0 Å².